The molecule has 2 nitrogen and oxygen atoms in total. The first-order valence-electron chi connectivity index (χ1n) is 6.28. The molecular weight excluding hydrogens is 222 g/mol. The van der Waals surface area contributed by atoms with Crippen molar-refractivity contribution in [1.82, 2.24) is 0 Å². The Balaban J connectivity index is 1.93. The SMILES string of the molecule is O/N=C\C=C(/Cl)[C@]12C[C@@H]3CC[C@@H]1C[C@@H](C3)C2. The molecular formula is C13H18ClNO. The van der Waals surface area contributed by atoms with Crippen LogP contribution in [-0.4, -0.2) is 11.4 Å². The van der Waals surface area contributed by atoms with Crippen LogP contribution in [0.2, 0.25) is 0 Å². The minimum atomic E-state index is 0.245. The molecule has 4 atom stereocenters. The van der Waals surface area contributed by atoms with Crippen molar-refractivity contribution >= 4 is 17.8 Å². The van der Waals surface area contributed by atoms with Crippen molar-refractivity contribution in [2.45, 2.75) is 38.5 Å². The van der Waals surface area contributed by atoms with E-state index in [1.54, 1.807) is 6.08 Å². The Morgan fingerprint density at radius 3 is 2.88 bits per heavy atom. The highest BCUT2D eigenvalue weighted by atomic mass is 35.5. The summed E-state index contributed by atoms with van der Waals surface area (Å²) >= 11 is 6.47. The summed E-state index contributed by atoms with van der Waals surface area (Å²) in [5, 5.41) is 12.4. The molecule has 16 heavy (non-hydrogen) atoms. The molecule has 3 aliphatic rings. The molecule has 0 unspecified atom stereocenters. The predicted octanol–water partition coefficient (Wildman–Crippen LogP) is 3.79. The van der Waals surface area contributed by atoms with E-state index in [9.17, 15) is 0 Å². The number of oxime groups is 1. The van der Waals surface area contributed by atoms with Gasteiger partial charge >= 0.3 is 0 Å². The molecule has 1 N–H and O–H groups in total. The van der Waals surface area contributed by atoms with Crippen LogP contribution in [-0.2, 0) is 0 Å². The van der Waals surface area contributed by atoms with Crippen molar-refractivity contribution in [2.75, 3.05) is 0 Å². The number of allylic oxidation sites excluding steroid dienone is 2. The van der Waals surface area contributed by atoms with Crippen molar-refractivity contribution in [2.24, 2.45) is 28.3 Å². The van der Waals surface area contributed by atoms with E-state index in [2.05, 4.69) is 5.16 Å². The molecule has 0 aromatic carbocycles. The molecule has 0 radical (unpaired) electrons. The van der Waals surface area contributed by atoms with Gasteiger partial charge in [-0.2, -0.15) is 0 Å². The summed E-state index contributed by atoms with van der Waals surface area (Å²) in [6.07, 6.45) is 11.3. The predicted molar refractivity (Wildman–Crippen MR) is 64.8 cm³/mol. The standard InChI is InChI=1S/C13H18ClNO/c14-12(3-4-15-16)13-7-9-1-2-11(13)6-10(5-9)8-13/h3-4,9-11,16H,1-2,5-8H2/b12-3-,15-4-/t9-,10-,11-,13+/m1/s1. The lowest BCUT2D eigenvalue weighted by Crippen LogP contribution is -2.36. The number of nitrogens with zero attached hydrogens (tertiary/aromatic N) is 1. The van der Waals surface area contributed by atoms with Crippen molar-refractivity contribution in [3.8, 4) is 0 Å². The first-order chi connectivity index (χ1) is 7.74. The summed E-state index contributed by atoms with van der Waals surface area (Å²) in [5.41, 5.74) is 0.245. The quantitative estimate of drug-likeness (QED) is 0.444. The third-order valence-electron chi connectivity index (χ3n) is 5.06. The zero-order valence-corrected chi connectivity index (χ0v) is 10.2. The van der Waals surface area contributed by atoms with Gasteiger partial charge in [0.05, 0.1) is 6.21 Å². The fourth-order valence-corrected chi connectivity index (χ4v) is 4.96. The number of hydrogen-bond acceptors (Lipinski definition) is 2. The molecule has 0 saturated heterocycles. The van der Waals surface area contributed by atoms with E-state index in [0.29, 0.717) is 0 Å². The van der Waals surface area contributed by atoms with Crippen LogP contribution >= 0.6 is 11.6 Å². The lowest BCUT2D eigenvalue weighted by molar-refractivity contribution is 0.104. The lowest BCUT2D eigenvalue weighted by Gasteiger charge is -2.45. The third-order valence-corrected chi connectivity index (χ3v) is 5.56. The first-order valence-corrected chi connectivity index (χ1v) is 6.66. The molecule has 3 fully saturated rings. The van der Waals surface area contributed by atoms with Crippen LogP contribution in [0, 0.1) is 23.2 Å². The number of hydrogen-bond donors (Lipinski definition) is 1. The Morgan fingerprint density at radius 2 is 2.06 bits per heavy atom. The maximum atomic E-state index is 8.48. The van der Waals surface area contributed by atoms with Crippen LogP contribution in [0.4, 0.5) is 0 Å². The lowest BCUT2D eigenvalue weighted by atomic mass is 9.61. The third kappa shape index (κ3) is 1.42. The molecule has 3 rings (SSSR count). The maximum absolute atomic E-state index is 8.48. The zero-order valence-electron chi connectivity index (χ0n) is 9.40. The normalized spacial score (nSPS) is 46.8. The Bertz CT molecular complexity index is 352. The van der Waals surface area contributed by atoms with Gasteiger partial charge in [0, 0.05) is 10.4 Å². The fraction of sp³-hybridized carbons (Fsp3) is 0.769. The van der Waals surface area contributed by atoms with Crippen molar-refractivity contribution in [3.63, 3.8) is 0 Å². The molecule has 88 valence electrons. The fourth-order valence-electron chi connectivity index (χ4n) is 4.60. The second-order valence-electron chi connectivity index (χ2n) is 5.82. The van der Waals surface area contributed by atoms with Crippen LogP contribution in [0.25, 0.3) is 0 Å². The van der Waals surface area contributed by atoms with Crippen LogP contribution in [0.1, 0.15) is 38.5 Å². The van der Waals surface area contributed by atoms with Crippen molar-refractivity contribution in [1.29, 1.82) is 0 Å². The second-order valence-corrected chi connectivity index (χ2v) is 6.23. The highest BCUT2D eigenvalue weighted by Gasteiger charge is 2.55. The first kappa shape index (κ1) is 10.6. The average molecular weight is 240 g/mol. The maximum Gasteiger partial charge on any atom is 0.0673 e. The van der Waals surface area contributed by atoms with Gasteiger partial charge in [-0.15, -0.1) is 0 Å². The van der Waals surface area contributed by atoms with Gasteiger partial charge in [0.2, 0.25) is 0 Å². The van der Waals surface area contributed by atoms with Crippen LogP contribution in [0.5, 0.6) is 0 Å². The Kier molecular flexibility index (Phi) is 2.50. The van der Waals surface area contributed by atoms with Gasteiger partial charge in [0.25, 0.3) is 0 Å². The summed E-state index contributed by atoms with van der Waals surface area (Å²) in [7, 11) is 0. The minimum absolute atomic E-state index is 0.245. The van der Waals surface area contributed by atoms with Crippen molar-refractivity contribution < 1.29 is 5.21 Å². The average Bonchev–Trinajstić information content (AvgIpc) is 2.44. The van der Waals surface area contributed by atoms with Gasteiger partial charge < -0.3 is 5.21 Å². The van der Waals surface area contributed by atoms with Crippen LogP contribution in [0.15, 0.2) is 16.3 Å². The largest absolute Gasteiger partial charge is 0.411 e. The molecule has 3 saturated carbocycles. The molecule has 0 aliphatic heterocycles. The number of halogens is 1. The molecule has 0 aromatic rings. The zero-order chi connectivity index (χ0) is 11.2. The van der Waals surface area contributed by atoms with Crippen LogP contribution < -0.4 is 0 Å². The van der Waals surface area contributed by atoms with Crippen LogP contribution in [0.3, 0.4) is 0 Å². The van der Waals surface area contributed by atoms with Gasteiger partial charge in [-0.25, -0.2) is 0 Å². The van der Waals surface area contributed by atoms with Crippen molar-refractivity contribution in [3.05, 3.63) is 11.1 Å². The Labute approximate surface area is 101 Å². The van der Waals surface area contributed by atoms with E-state index in [4.69, 9.17) is 16.8 Å². The van der Waals surface area contributed by atoms with E-state index < -0.39 is 0 Å². The number of fused-ring (bicyclic) bond motifs is 2. The molecule has 0 heterocycles. The molecule has 0 aromatic heterocycles. The molecule has 0 amide bonds. The molecule has 3 bridgehead atoms. The van der Waals surface area contributed by atoms with E-state index in [1.807, 2.05) is 0 Å². The number of rotatable bonds is 2. The van der Waals surface area contributed by atoms with E-state index in [1.165, 1.54) is 44.7 Å². The summed E-state index contributed by atoms with van der Waals surface area (Å²) in [4.78, 5) is 0. The molecule has 3 heteroatoms. The second kappa shape index (κ2) is 3.76. The van der Waals surface area contributed by atoms with Gasteiger partial charge in [0.15, 0.2) is 0 Å². The highest BCUT2D eigenvalue weighted by Crippen LogP contribution is 2.65. The monoisotopic (exact) mass is 239 g/mol. The van der Waals surface area contributed by atoms with Gasteiger partial charge in [-0.3, -0.25) is 0 Å². The summed E-state index contributed by atoms with van der Waals surface area (Å²) < 4.78 is 0. The van der Waals surface area contributed by atoms with Gasteiger partial charge in [-0.1, -0.05) is 23.2 Å². The summed E-state index contributed by atoms with van der Waals surface area (Å²) in [5.74, 6) is 2.58. The Hall–Kier alpha value is -0.500. The van der Waals surface area contributed by atoms with Gasteiger partial charge in [0.1, 0.15) is 0 Å². The van der Waals surface area contributed by atoms with Gasteiger partial charge in [-0.05, 0) is 55.9 Å². The highest BCUT2D eigenvalue weighted by molar-refractivity contribution is 6.31. The van der Waals surface area contributed by atoms with E-state index >= 15 is 0 Å². The topological polar surface area (TPSA) is 32.6 Å². The summed E-state index contributed by atoms with van der Waals surface area (Å²) in [6, 6.07) is 0. The molecule has 0 spiro atoms. The van der Waals surface area contributed by atoms with E-state index in [0.717, 1.165) is 22.8 Å². The van der Waals surface area contributed by atoms with E-state index in [-0.39, 0.29) is 5.41 Å². The minimum Gasteiger partial charge on any atom is -0.411 e. The smallest absolute Gasteiger partial charge is 0.0673 e. The Morgan fingerprint density at radius 1 is 1.25 bits per heavy atom. The summed E-state index contributed by atoms with van der Waals surface area (Å²) in [6.45, 7) is 0. The molecule has 3 aliphatic carbocycles.